The lowest BCUT2D eigenvalue weighted by Crippen LogP contribution is -2.28. The molecule has 0 saturated heterocycles. The number of carbonyl (C=O) groups excluding carboxylic acids is 1. The quantitative estimate of drug-likeness (QED) is 0.875. The van der Waals surface area contributed by atoms with Crippen molar-refractivity contribution in [3.05, 3.63) is 41.3 Å². The fourth-order valence-corrected chi connectivity index (χ4v) is 2.23. The average Bonchev–Trinajstić information content (AvgIpc) is 2.71. The van der Waals surface area contributed by atoms with Gasteiger partial charge in [-0.1, -0.05) is 0 Å². The predicted molar refractivity (Wildman–Crippen MR) is 76.5 cm³/mol. The van der Waals surface area contributed by atoms with Crippen LogP contribution in [0.4, 0.5) is 10.1 Å². The van der Waals surface area contributed by atoms with E-state index >= 15 is 0 Å². The second-order valence-corrected chi connectivity index (χ2v) is 4.62. The largest absolute Gasteiger partial charge is 0.481 e. The highest BCUT2D eigenvalue weighted by Gasteiger charge is 2.27. The van der Waals surface area contributed by atoms with E-state index in [2.05, 4.69) is 10.4 Å². The average molecular weight is 292 g/mol. The summed E-state index contributed by atoms with van der Waals surface area (Å²) >= 11 is 0. The van der Waals surface area contributed by atoms with Crippen LogP contribution in [0.2, 0.25) is 0 Å². The molecule has 1 unspecified atom stereocenters. The molecule has 0 radical (unpaired) electrons. The van der Waals surface area contributed by atoms with Crippen LogP contribution < -0.4 is 15.8 Å². The first-order valence-corrected chi connectivity index (χ1v) is 6.33. The third-order valence-electron chi connectivity index (χ3n) is 3.14. The van der Waals surface area contributed by atoms with E-state index in [0.29, 0.717) is 22.8 Å². The van der Waals surface area contributed by atoms with Crippen LogP contribution in [-0.2, 0) is 11.8 Å². The Labute approximate surface area is 121 Å². The number of nitrogens with one attached hydrogen (secondary N) is 1. The molecule has 1 atom stereocenters. The summed E-state index contributed by atoms with van der Waals surface area (Å²) in [5.41, 5.74) is 7.25. The Morgan fingerprint density at radius 2 is 2.05 bits per heavy atom. The van der Waals surface area contributed by atoms with E-state index in [9.17, 15) is 9.18 Å². The standard InChI is InChI=1S/C14H17FN4O2/c1-8-11(14(21-3)19(2)18-8)12(13(16)20)17-10-6-4-9(15)5-7-10/h4-7,12,17H,1-3H3,(H2,16,20). The zero-order valence-corrected chi connectivity index (χ0v) is 12.1. The monoisotopic (exact) mass is 292 g/mol. The van der Waals surface area contributed by atoms with Crippen molar-refractivity contribution in [2.24, 2.45) is 12.8 Å². The molecule has 0 saturated carbocycles. The molecule has 0 fully saturated rings. The number of aryl methyl sites for hydroxylation is 2. The number of carbonyl (C=O) groups is 1. The number of amides is 1. The number of nitrogens with zero attached hydrogens (tertiary/aromatic N) is 2. The van der Waals surface area contributed by atoms with Crippen molar-refractivity contribution in [1.82, 2.24) is 9.78 Å². The van der Waals surface area contributed by atoms with Crippen LogP contribution in [0, 0.1) is 12.7 Å². The van der Waals surface area contributed by atoms with Gasteiger partial charge in [-0.3, -0.25) is 4.79 Å². The lowest BCUT2D eigenvalue weighted by Gasteiger charge is -2.17. The van der Waals surface area contributed by atoms with E-state index in [1.54, 1.807) is 14.0 Å². The number of anilines is 1. The summed E-state index contributed by atoms with van der Waals surface area (Å²) in [6, 6.07) is 4.84. The zero-order chi connectivity index (χ0) is 15.6. The van der Waals surface area contributed by atoms with Gasteiger partial charge in [0, 0.05) is 12.7 Å². The molecule has 0 aliphatic heterocycles. The second kappa shape index (κ2) is 5.82. The van der Waals surface area contributed by atoms with Gasteiger partial charge >= 0.3 is 0 Å². The van der Waals surface area contributed by atoms with Gasteiger partial charge in [0.1, 0.15) is 11.9 Å². The van der Waals surface area contributed by atoms with E-state index in [0.717, 1.165) is 0 Å². The lowest BCUT2D eigenvalue weighted by molar-refractivity contribution is -0.118. The van der Waals surface area contributed by atoms with E-state index in [-0.39, 0.29) is 5.82 Å². The molecule has 1 amide bonds. The highest BCUT2D eigenvalue weighted by Crippen LogP contribution is 2.30. The second-order valence-electron chi connectivity index (χ2n) is 4.62. The minimum Gasteiger partial charge on any atom is -0.481 e. The van der Waals surface area contributed by atoms with E-state index in [4.69, 9.17) is 10.5 Å². The molecule has 0 bridgehead atoms. The number of ether oxygens (including phenoxy) is 1. The SMILES string of the molecule is COc1c(C(Nc2ccc(F)cc2)C(N)=O)c(C)nn1C. The Bertz CT molecular complexity index is 652. The number of nitrogens with two attached hydrogens (primary N) is 1. The molecule has 0 spiro atoms. The van der Waals surface area contributed by atoms with Crippen molar-refractivity contribution in [1.29, 1.82) is 0 Å². The summed E-state index contributed by atoms with van der Waals surface area (Å²) in [6.45, 7) is 1.76. The number of primary amides is 1. The lowest BCUT2D eigenvalue weighted by atomic mass is 10.1. The molecule has 21 heavy (non-hydrogen) atoms. The van der Waals surface area contributed by atoms with E-state index in [1.165, 1.54) is 36.1 Å². The Balaban J connectivity index is 2.40. The minimum absolute atomic E-state index is 0.355. The molecule has 0 aliphatic rings. The van der Waals surface area contributed by atoms with Crippen LogP contribution in [-0.4, -0.2) is 22.8 Å². The summed E-state index contributed by atoms with van der Waals surface area (Å²) in [7, 11) is 3.21. The van der Waals surface area contributed by atoms with E-state index < -0.39 is 11.9 Å². The van der Waals surface area contributed by atoms with Gasteiger partial charge in [0.05, 0.1) is 18.4 Å². The molecule has 2 rings (SSSR count). The van der Waals surface area contributed by atoms with Gasteiger partial charge in [-0.15, -0.1) is 0 Å². The van der Waals surface area contributed by atoms with Crippen molar-refractivity contribution >= 4 is 11.6 Å². The van der Waals surface area contributed by atoms with Crippen molar-refractivity contribution in [2.45, 2.75) is 13.0 Å². The highest BCUT2D eigenvalue weighted by molar-refractivity contribution is 5.85. The number of halogens is 1. The van der Waals surface area contributed by atoms with Gasteiger partial charge in [0.15, 0.2) is 0 Å². The number of methoxy groups -OCH3 is 1. The summed E-state index contributed by atoms with van der Waals surface area (Å²) in [4.78, 5) is 11.8. The summed E-state index contributed by atoms with van der Waals surface area (Å²) in [5, 5.41) is 7.20. The maximum Gasteiger partial charge on any atom is 0.244 e. The number of hydrogen-bond donors (Lipinski definition) is 2. The molecule has 7 heteroatoms. The molecule has 1 aromatic carbocycles. The molecular weight excluding hydrogens is 275 g/mol. The van der Waals surface area contributed by atoms with E-state index in [1.807, 2.05) is 0 Å². The Kier molecular flexibility index (Phi) is 4.11. The first-order chi connectivity index (χ1) is 9.93. The Morgan fingerprint density at radius 3 is 2.57 bits per heavy atom. The van der Waals surface area contributed by atoms with Crippen LogP contribution in [0.25, 0.3) is 0 Å². The van der Waals surface area contributed by atoms with Crippen molar-refractivity contribution in [3.63, 3.8) is 0 Å². The van der Waals surface area contributed by atoms with Crippen LogP contribution >= 0.6 is 0 Å². The topological polar surface area (TPSA) is 82.2 Å². The van der Waals surface area contributed by atoms with Gasteiger partial charge in [-0.05, 0) is 31.2 Å². The van der Waals surface area contributed by atoms with Gasteiger partial charge in [-0.2, -0.15) is 5.10 Å². The smallest absolute Gasteiger partial charge is 0.244 e. The number of rotatable bonds is 5. The first-order valence-electron chi connectivity index (χ1n) is 6.33. The molecule has 112 valence electrons. The third-order valence-corrected chi connectivity index (χ3v) is 3.14. The normalized spacial score (nSPS) is 12.0. The maximum absolute atomic E-state index is 12.9. The fraction of sp³-hybridized carbons (Fsp3) is 0.286. The van der Waals surface area contributed by atoms with Crippen LogP contribution in [0.3, 0.4) is 0 Å². The summed E-state index contributed by atoms with van der Waals surface area (Å²) < 4.78 is 19.8. The maximum atomic E-state index is 12.9. The first kappa shape index (κ1) is 14.8. The summed E-state index contributed by atoms with van der Waals surface area (Å²) in [5.74, 6) is -0.481. The molecule has 2 aromatic rings. The molecule has 1 aromatic heterocycles. The number of hydrogen-bond acceptors (Lipinski definition) is 4. The van der Waals surface area contributed by atoms with Crippen molar-refractivity contribution in [2.75, 3.05) is 12.4 Å². The summed E-state index contributed by atoms with van der Waals surface area (Å²) in [6.07, 6.45) is 0. The molecule has 0 aliphatic carbocycles. The molecule has 1 heterocycles. The number of benzene rings is 1. The van der Waals surface area contributed by atoms with Gasteiger partial charge in [-0.25, -0.2) is 9.07 Å². The van der Waals surface area contributed by atoms with Crippen molar-refractivity contribution in [3.8, 4) is 5.88 Å². The van der Waals surface area contributed by atoms with Crippen molar-refractivity contribution < 1.29 is 13.9 Å². The van der Waals surface area contributed by atoms with Gasteiger partial charge in [0.25, 0.3) is 0 Å². The minimum atomic E-state index is -0.820. The van der Waals surface area contributed by atoms with Gasteiger partial charge < -0.3 is 15.8 Å². The Hall–Kier alpha value is -2.57. The highest BCUT2D eigenvalue weighted by atomic mass is 19.1. The van der Waals surface area contributed by atoms with Gasteiger partial charge in [0.2, 0.25) is 11.8 Å². The third kappa shape index (κ3) is 2.96. The van der Waals surface area contributed by atoms with Crippen LogP contribution in [0.5, 0.6) is 5.88 Å². The molecule has 6 nitrogen and oxygen atoms in total. The van der Waals surface area contributed by atoms with Crippen LogP contribution in [0.1, 0.15) is 17.3 Å². The molecule has 3 N–H and O–H groups in total. The number of aromatic nitrogens is 2. The fourth-order valence-electron chi connectivity index (χ4n) is 2.23. The Morgan fingerprint density at radius 1 is 1.43 bits per heavy atom. The van der Waals surface area contributed by atoms with Crippen LogP contribution in [0.15, 0.2) is 24.3 Å². The predicted octanol–water partition coefficient (Wildman–Crippen LogP) is 1.51. The molecular formula is C14H17FN4O2. The zero-order valence-electron chi connectivity index (χ0n) is 12.1.